The molecule has 126 valence electrons. The zero-order valence-corrected chi connectivity index (χ0v) is 13.9. The van der Waals surface area contributed by atoms with Crippen LogP contribution in [0.5, 0.6) is 0 Å². The van der Waals surface area contributed by atoms with Crippen LogP contribution >= 0.6 is 11.3 Å². The molecule has 2 aliphatic rings. The lowest BCUT2D eigenvalue weighted by Gasteiger charge is -2.29. The Hall–Kier alpha value is -1.64. The molecule has 7 nitrogen and oxygen atoms in total. The third-order valence-corrected chi connectivity index (χ3v) is 5.45. The summed E-state index contributed by atoms with van der Waals surface area (Å²) in [6.07, 6.45) is -0.348. The number of nitrogens with one attached hydrogen (secondary N) is 1. The molecule has 23 heavy (non-hydrogen) atoms. The van der Waals surface area contributed by atoms with Crippen molar-refractivity contribution in [2.24, 2.45) is 0 Å². The Kier molecular flexibility index (Phi) is 4.84. The van der Waals surface area contributed by atoms with E-state index in [0.717, 1.165) is 36.5 Å². The molecule has 2 aliphatic heterocycles. The first-order chi connectivity index (χ1) is 11.1. The van der Waals surface area contributed by atoms with Gasteiger partial charge in [-0.3, -0.25) is 15.0 Å². The molecular weight excluding hydrogens is 318 g/mol. The zero-order chi connectivity index (χ0) is 16.4. The van der Waals surface area contributed by atoms with Crippen LogP contribution in [-0.2, 0) is 17.7 Å². The highest BCUT2D eigenvalue weighted by molar-refractivity contribution is 7.17. The van der Waals surface area contributed by atoms with E-state index in [0.29, 0.717) is 36.9 Å². The number of amides is 2. The maximum Gasteiger partial charge on any atom is 0.409 e. The first-order valence-corrected chi connectivity index (χ1v) is 8.65. The van der Waals surface area contributed by atoms with E-state index in [4.69, 9.17) is 9.84 Å². The van der Waals surface area contributed by atoms with Gasteiger partial charge >= 0.3 is 6.09 Å². The predicted octanol–water partition coefficient (Wildman–Crippen LogP) is 1.69. The Bertz CT molecular complexity index is 610. The van der Waals surface area contributed by atoms with Crippen LogP contribution in [0.25, 0.3) is 0 Å². The highest BCUT2D eigenvalue weighted by Crippen LogP contribution is 2.38. The average molecular weight is 339 g/mol. The van der Waals surface area contributed by atoms with E-state index >= 15 is 0 Å². The number of nitrogens with zero attached hydrogens (tertiary/aromatic N) is 2. The van der Waals surface area contributed by atoms with E-state index in [2.05, 4.69) is 17.1 Å². The van der Waals surface area contributed by atoms with Gasteiger partial charge in [-0.2, -0.15) is 0 Å². The molecule has 0 aromatic carbocycles. The second kappa shape index (κ2) is 6.86. The van der Waals surface area contributed by atoms with Crippen molar-refractivity contribution >= 4 is 28.3 Å². The molecule has 0 spiro atoms. The van der Waals surface area contributed by atoms with E-state index in [1.54, 1.807) is 4.90 Å². The van der Waals surface area contributed by atoms with E-state index in [1.807, 2.05) is 0 Å². The fourth-order valence-corrected chi connectivity index (χ4v) is 4.33. The van der Waals surface area contributed by atoms with Crippen molar-refractivity contribution in [3.63, 3.8) is 0 Å². The highest BCUT2D eigenvalue weighted by atomic mass is 32.1. The van der Waals surface area contributed by atoms with Gasteiger partial charge in [0.2, 0.25) is 0 Å². The third-order valence-electron chi connectivity index (χ3n) is 4.32. The fraction of sp³-hybridized carbons (Fsp3) is 0.600. The molecule has 0 radical (unpaired) electrons. The van der Waals surface area contributed by atoms with Gasteiger partial charge in [0.1, 0.15) is 5.00 Å². The fourth-order valence-electron chi connectivity index (χ4n) is 3.06. The molecule has 2 amide bonds. The number of hydrogen-bond acceptors (Lipinski definition) is 5. The molecule has 0 unspecified atom stereocenters. The maximum atomic E-state index is 12.9. The summed E-state index contributed by atoms with van der Waals surface area (Å²) in [4.78, 5) is 29.2. The molecular formula is C15H21N3O4S. The Balaban J connectivity index is 1.94. The number of thiophene rings is 1. The van der Waals surface area contributed by atoms with Gasteiger partial charge in [0.15, 0.2) is 0 Å². The summed E-state index contributed by atoms with van der Waals surface area (Å²) in [5.74, 6) is -0.0838. The summed E-state index contributed by atoms with van der Waals surface area (Å²) in [6.45, 7) is 6.90. The van der Waals surface area contributed by atoms with Gasteiger partial charge in [-0.1, -0.05) is 6.92 Å². The van der Waals surface area contributed by atoms with Gasteiger partial charge in [-0.25, -0.2) is 4.79 Å². The van der Waals surface area contributed by atoms with E-state index in [1.165, 1.54) is 11.3 Å². The van der Waals surface area contributed by atoms with E-state index in [-0.39, 0.29) is 5.91 Å². The van der Waals surface area contributed by atoms with Gasteiger partial charge in [0, 0.05) is 31.1 Å². The summed E-state index contributed by atoms with van der Waals surface area (Å²) in [6, 6.07) is 0. The topological polar surface area (TPSA) is 82.1 Å². The van der Waals surface area contributed by atoms with Crippen LogP contribution in [-0.4, -0.2) is 66.3 Å². The lowest BCUT2D eigenvalue weighted by atomic mass is 10.0. The van der Waals surface area contributed by atoms with Crippen molar-refractivity contribution in [3.8, 4) is 0 Å². The summed E-state index contributed by atoms with van der Waals surface area (Å²) in [5.41, 5.74) is 1.56. The average Bonchev–Trinajstić information content (AvgIpc) is 2.90. The minimum Gasteiger partial charge on any atom is -0.465 e. The molecule has 1 fully saturated rings. The van der Waals surface area contributed by atoms with Gasteiger partial charge in [0.05, 0.1) is 18.8 Å². The van der Waals surface area contributed by atoms with Gasteiger partial charge in [-0.05, 0) is 18.5 Å². The maximum absolute atomic E-state index is 12.9. The Morgan fingerprint density at radius 3 is 2.70 bits per heavy atom. The van der Waals surface area contributed by atoms with Crippen molar-refractivity contribution < 1.29 is 19.4 Å². The number of fused-ring (bicyclic) bond motifs is 1. The Labute approximate surface area is 138 Å². The molecule has 0 aliphatic carbocycles. The standard InChI is InChI=1S/C15H21N3O4S/c1-2-17-4-3-10-11(9-17)23-13(16-15(20)21)12(10)14(19)18-5-7-22-8-6-18/h16H,2-9H2,1H3,(H,20,21). The molecule has 1 aromatic heterocycles. The van der Waals surface area contributed by atoms with Crippen LogP contribution in [0.1, 0.15) is 27.7 Å². The summed E-state index contributed by atoms with van der Waals surface area (Å²) >= 11 is 1.39. The SMILES string of the molecule is CCN1CCc2c(sc(NC(=O)O)c2C(=O)N2CCOCC2)C1. The van der Waals surface area contributed by atoms with Crippen LogP contribution < -0.4 is 5.32 Å². The van der Waals surface area contributed by atoms with Crippen LogP contribution in [0.15, 0.2) is 0 Å². The number of carbonyl (C=O) groups excluding carboxylic acids is 1. The predicted molar refractivity (Wildman–Crippen MR) is 87.3 cm³/mol. The number of rotatable bonds is 3. The van der Waals surface area contributed by atoms with Crippen molar-refractivity contribution in [2.45, 2.75) is 19.9 Å². The molecule has 2 N–H and O–H groups in total. The molecule has 1 aromatic rings. The lowest BCUT2D eigenvalue weighted by molar-refractivity contribution is 0.0303. The minimum atomic E-state index is -1.13. The number of anilines is 1. The normalized spacial score (nSPS) is 18.6. The molecule has 8 heteroatoms. The van der Waals surface area contributed by atoms with E-state index in [9.17, 15) is 9.59 Å². The summed E-state index contributed by atoms with van der Waals surface area (Å²) in [7, 11) is 0. The first kappa shape index (κ1) is 16.2. The number of ether oxygens (including phenoxy) is 1. The second-order valence-electron chi connectivity index (χ2n) is 5.66. The molecule has 3 rings (SSSR count). The molecule has 0 saturated carbocycles. The zero-order valence-electron chi connectivity index (χ0n) is 13.1. The Morgan fingerprint density at radius 2 is 2.04 bits per heavy atom. The summed E-state index contributed by atoms with van der Waals surface area (Å²) in [5, 5.41) is 12.0. The second-order valence-corrected chi connectivity index (χ2v) is 6.77. The summed E-state index contributed by atoms with van der Waals surface area (Å²) < 4.78 is 5.30. The van der Waals surface area contributed by atoms with Crippen molar-refractivity contribution in [2.75, 3.05) is 44.7 Å². The van der Waals surface area contributed by atoms with Gasteiger partial charge in [-0.15, -0.1) is 11.3 Å². The van der Waals surface area contributed by atoms with Crippen molar-refractivity contribution in [1.29, 1.82) is 0 Å². The number of carbonyl (C=O) groups is 2. The Morgan fingerprint density at radius 1 is 1.30 bits per heavy atom. The largest absolute Gasteiger partial charge is 0.465 e. The molecule has 0 atom stereocenters. The lowest BCUT2D eigenvalue weighted by Crippen LogP contribution is -2.41. The number of hydrogen-bond donors (Lipinski definition) is 2. The third kappa shape index (κ3) is 3.34. The highest BCUT2D eigenvalue weighted by Gasteiger charge is 2.31. The molecule has 0 bridgehead atoms. The monoisotopic (exact) mass is 339 g/mol. The molecule has 1 saturated heterocycles. The van der Waals surface area contributed by atoms with Crippen LogP contribution in [0.2, 0.25) is 0 Å². The van der Waals surface area contributed by atoms with Crippen molar-refractivity contribution in [3.05, 3.63) is 16.0 Å². The van der Waals surface area contributed by atoms with Crippen LogP contribution in [0, 0.1) is 0 Å². The van der Waals surface area contributed by atoms with E-state index < -0.39 is 6.09 Å². The smallest absolute Gasteiger partial charge is 0.409 e. The molecule has 3 heterocycles. The minimum absolute atomic E-state index is 0.0838. The van der Waals surface area contributed by atoms with Crippen LogP contribution in [0.3, 0.4) is 0 Å². The van der Waals surface area contributed by atoms with Gasteiger partial charge in [0.25, 0.3) is 5.91 Å². The quantitative estimate of drug-likeness (QED) is 0.876. The number of carboxylic acid groups (broad SMARTS) is 1. The van der Waals surface area contributed by atoms with Crippen molar-refractivity contribution in [1.82, 2.24) is 9.80 Å². The number of morpholine rings is 1. The van der Waals surface area contributed by atoms with Crippen LogP contribution in [0.4, 0.5) is 9.80 Å². The van der Waals surface area contributed by atoms with Gasteiger partial charge < -0.3 is 14.7 Å². The number of likely N-dealkylation sites (N-methyl/N-ethyl adjacent to an activating group) is 1. The first-order valence-electron chi connectivity index (χ1n) is 7.84.